The van der Waals surface area contributed by atoms with Crippen molar-refractivity contribution in [2.45, 2.75) is 214 Å². The van der Waals surface area contributed by atoms with Crippen molar-refractivity contribution >= 4 is 17.9 Å². The van der Waals surface area contributed by atoms with Gasteiger partial charge in [0, 0.05) is 19.3 Å². The molecule has 0 aliphatic rings. The zero-order valence-corrected chi connectivity index (χ0v) is 30.3. The number of rotatable bonds is 34. The maximum Gasteiger partial charge on any atom is 0.306 e. The first kappa shape index (κ1) is 43.4. The highest BCUT2D eigenvalue weighted by molar-refractivity contribution is 5.71. The zero-order valence-electron chi connectivity index (χ0n) is 30.3. The van der Waals surface area contributed by atoms with Gasteiger partial charge in [-0.1, -0.05) is 169 Å². The first-order chi connectivity index (χ1) is 21.9. The Kier molecular flexibility index (Phi) is 32.6. The lowest BCUT2D eigenvalue weighted by Crippen LogP contribution is -2.30. The minimum atomic E-state index is -0.757. The topological polar surface area (TPSA) is 78.9 Å². The number of ether oxygens (including phenoxy) is 3. The molecule has 0 aromatic carbocycles. The molecule has 1 atom stereocenters. The van der Waals surface area contributed by atoms with Gasteiger partial charge in [-0.05, 0) is 25.2 Å². The predicted molar refractivity (Wildman–Crippen MR) is 187 cm³/mol. The highest BCUT2D eigenvalue weighted by Gasteiger charge is 2.19. The summed E-state index contributed by atoms with van der Waals surface area (Å²) >= 11 is 0. The molecule has 0 aliphatic heterocycles. The van der Waals surface area contributed by atoms with Crippen LogP contribution in [0.4, 0.5) is 0 Å². The van der Waals surface area contributed by atoms with Gasteiger partial charge in [0.25, 0.3) is 0 Å². The SMILES string of the molecule is CCCCCCCCCCCCCC(=O)OC[C@H](COC(=O)CCCCCCCCC)OC(=O)CCCCCCCCC(C)C. The molecular weight excluding hydrogens is 564 g/mol. The van der Waals surface area contributed by atoms with E-state index in [1.54, 1.807) is 0 Å². The van der Waals surface area contributed by atoms with Crippen molar-refractivity contribution in [2.24, 2.45) is 5.92 Å². The predicted octanol–water partition coefficient (Wildman–Crippen LogP) is 11.6. The average molecular weight is 639 g/mol. The first-order valence-corrected chi connectivity index (χ1v) is 19.4. The summed E-state index contributed by atoms with van der Waals surface area (Å²) in [4.78, 5) is 37.3. The summed E-state index contributed by atoms with van der Waals surface area (Å²) in [5.41, 5.74) is 0. The van der Waals surface area contributed by atoms with E-state index in [4.69, 9.17) is 14.2 Å². The van der Waals surface area contributed by atoms with Crippen LogP contribution in [0.15, 0.2) is 0 Å². The number of unbranched alkanes of at least 4 members (excludes halogenated alkanes) is 21. The highest BCUT2D eigenvalue weighted by Crippen LogP contribution is 2.15. The highest BCUT2D eigenvalue weighted by atomic mass is 16.6. The molecule has 0 unspecified atom stereocenters. The standard InChI is InChI=1S/C39H74O6/c1-5-7-9-11-13-14-15-16-18-23-27-31-38(41)44-34-36(33-43-37(40)30-26-22-17-12-10-8-6-2)45-39(42)32-28-24-20-19-21-25-29-35(3)4/h35-36H,5-34H2,1-4H3/t36-/m0/s1. The molecule has 0 aromatic heterocycles. The van der Waals surface area contributed by atoms with E-state index in [0.717, 1.165) is 63.7 Å². The third-order valence-corrected chi connectivity index (χ3v) is 8.54. The van der Waals surface area contributed by atoms with E-state index >= 15 is 0 Å². The Morgan fingerprint density at radius 1 is 0.422 bits per heavy atom. The van der Waals surface area contributed by atoms with E-state index in [9.17, 15) is 14.4 Å². The maximum absolute atomic E-state index is 12.6. The summed E-state index contributed by atoms with van der Waals surface area (Å²) in [5, 5.41) is 0. The van der Waals surface area contributed by atoms with Gasteiger partial charge in [0.15, 0.2) is 6.10 Å². The normalized spacial score (nSPS) is 11.9. The van der Waals surface area contributed by atoms with Crippen molar-refractivity contribution in [3.63, 3.8) is 0 Å². The molecule has 6 nitrogen and oxygen atoms in total. The molecule has 0 spiro atoms. The van der Waals surface area contributed by atoms with Crippen molar-refractivity contribution in [1.29, 1.82) is 0 Å². The maximum atomic E-state index is 12.6. The zero-order chi connectivity index (χ0) is 33.2. The molecule has 0 bridgehead atoms. The van der Waals surface area contributed by atoms with Crippen molar-refractivity contribution in [3.8, 4) is 0 Å². The average Bonchev–Trinajstić information content (AvgIpc) is 3.01. The summed E-state index contributed by atoms with van der Waals surface area (Å²) in [6, 6.07) is 0. The summed E-state index contributed by atoms with van der Waals surface area (Å²) in [7, 11) is 0. The molecule has 6 heteroatoms. The Hall–Kier alpha value is -1.59. The molecule has 0 aliphatic carbocycles. The van der Waals surface area contributed by atoms with Crippen LogP contribution in [0, 0.1) is 5.92 Å². The minimum Gasteiger partial charge on any atom is -0.462 e. The third-order valence-electron chi connectivity index (χ3n) is 8.54. The Balaban J connectivity index is 4.33. The number of esters is 3. The summed E-state index contributed by atoms with van der Waals surface area (Å²) in [5.74, 6) is -0.117. The van der Waals surface area contributed by atoms with Gasteiger partial charge in [0.05, 0.1) is 0 Å². The number of carbonyl (C=O) groups is 3. The van der Waals surface area contributed by atoms with Crippen LogP contribution in [-0.2, 0) is 28.6 Å². The molecule has 0 heterocycles. The van der Waals surface area contributed by atoms with Gasteiger partial charge in [-0.2, -0.15) is 0 Å². The second-order valence-corrected chi connectivity index (χ2v) is 13.7. The summed E-state index contributed by atoms with van der Waals surface area (Å²) in [6.45, 7) is 8.84. The summed E-state index contributed by atoms with van der Waals surface area (Å²) in [6.07, 6.45) is 29.7. The lowest BCUT2D eigenvalue weighted by Gasteiger charge is -2.18. The lowest BCUT2D eigenvalue weighted by atomic mass is 10.0. The van der Waals surface area contributed by atoms with E-state index in [0.29, 0.717) is 19.3 Å². The van der Waals surface area contributed by atoms with Crippen LogP contribution in [0.3, 0.4) is 0 Å². The molecule has 0 amide bonds. The van der Waals surface area contributed by atoms with Crippen molar-refractivity contribution in [2.75, 3.05) is 13.2 Å². The van der Waals surface area contributed by atoms with E-state index in [1.165, 1.54) is 103 Å². The van der Waals surface area contributed by atoms with Gasteiger partial charge in [-0.25, -0.2) is 0 Å². The molecule has 0 saturated heterocycles. The van der Waals surface area contributed by atoms with Crippen LogP contribution in [0.25, 0.3) is 0 Å². The van der Waals surface area contributed by atoms with Gasteiger partial charge < -0.3 is 14.2 Å². The molecule has 0 fully saturated rings. The van der Waals surface area contributed by atoms with E-state index < -0.39 is 6.10 Å². The van der Waals surface area contributed by atoms with Gasteiger partial charge in [0.2, 0.25) is 0 Å². The smallest absolute Gasteiger partial charge is 0.306 e. The van der Waals surface area contributed by atoms with Gasteiger partial charge in [-0.3, -0.25) is 14.4 Å². The van der Waals surface area contributed by atoms with E-state index in [2.05, 4.69) is 27.7 Å². The monoisotopic (exact) mass is 639 g/mol. The van der Waals surface area contributed by atoms with Crippen LogP contribution in [-0.4, -0.2) is 37.2 Å². The Bertz CT molecular complexity index is 676. The van der Waals surface area contributed by atoms with Crippen LogP contribution >= 0.6 is 0 Å². The molecule has 0 saturated carbocycles. The van der Waals surface area contributed by atoms with Crippen molar-refractivity contribution in [1.82, 2.24) is 0 Å². The Morgan fingerprint density at radius 3 is 1.09 bits per heavy atom. The number of hydrogen-bond donors (Lipinski definition) is 0. The van der Waals surface area contributed by atoms with Gasteiger partial charge >= 0.3 is 17.9 Å². The molecule has 0 N–H and O–H groups in total. The fraction of sp³-hybridized carbons (Fsp3) is 0.923. The molecule has 0 rings (SSSR count). The summed E-state index contributed by atoms with van der Waals surface area (Å²) < 4.78 is 16.5. The van der Waals surface area contributed by atoms with Gasteiger partial charge in [-0.15, -0.1) is 0 Å². The van der Waals surface area contributed by atoms with E-state index in [-0.39, 0.29) is 31.1 Å². The first-order valence-electron chi connectivity index (χ1n) is 19.4. The molecule has 0 radical (unpaired) electrons. The second kappa shape index (κ2) is 33.8. The number of carbonyl (C=O) groups excluding carboxylic acids is 3. The fourth-order valence-corrected chi connectivity index (χ4v) is 5.57. The van der Waals surface area contributed by atoms with Crippen molar-refractivity contribution in [3.05, 3.63) is 0 Å². The van der Waals surface area contributed by atoms with Crippen molar-refractivity contribution < 1.29 is 28.6 Å². The Morgan fingerprint density at radius 2 is 0.733 bits per heavy atom. The van der Waals surface area contributed by atoms with Crippen LogP contribution in [0.2, 0.25) is 0 Å². The third kappa shape index (κ3) is 33.6. The Labute approximate surface area is 278 Å². The molecule has 0 aromatic rings. The number of hydrogen-bond acceptors (Lipinski definition) is 6. The molecule has 266 valence electrons. The van der Waals surface area contributed by atoms with Gasteiger partial charge in [0.1, 0.15) is 13.2 Å². The fourth-order valence-electron chi connectivity index (χ4n) is 5.57. The van der Waals surface area contributed by atoms with Crippen LogP contribution in [0.5, 0.6) is 0 Å². The van der Waals surface area contributed by atoms with Crippen LogP contribution in [0.1, 0.15) is 207 Å². The quantitative estimate of drug-likeness (QED) is 0.0396. The van der Waals surface area contributed by atoms with E-state index in [1.807, 2.05) is 0 Å². The largest absolute Gasteiger partial charge is 0.462 e. The molecular formula is C39H74O6. The van der Waals surface area contributed by atoms with Crippen LogP contribution < -0.4 is 0 Å². The second-order valence-electron chi connectivity index (χ2n) is 13.7. The minimum absolute atomic E-state index is 0.0663. The lowest BCUT2D eigenvalue weighted by molar-refractivity contribution is -0.167. The molecule has 45 heavy (non-hydrogen) atoms.